The van der Waals surface area contributed by atoms with E-state index in [0.29, 0.717) is 6.54 Å². The number of hydrogen-bond acceptors (Lipinski definition) is 3. The molecule has 1 aliphatic rings. The molecule has 2 rings (SSSR count). The van der Waals surface area contributed by atoms with Gasteiger partial charge in [-0.05, 0) is 24.3 Å². The lowest BCUT2D eigenvalue weighted by atomic mass is 9.91. The minimum Gasteiger partial charge on any atom is -0.309 e. The van der Waals surface area contributed by atoms with Gasteiger partial charge in [0.05, 0.1) is 5.69 Å². The number of aromatic nitrogens is 3. The summed E-state index contributed by atoms with van der Waals surface area (Å²) in [5.41, 5.74) is 1.99. The van der Waals surface area contributed by atoms with Crippen LogP contribution in [0.3, 0.4) is 0 Å². The minimum absolute atomic E-state index is 0.0158. The van der Waals surface area contributed by atoms with Crippen LogP contribution in [0.5, 0.6) is 0 Å². The largest absolute Gasteiger partial charge is 0.309 e. The number of nitrogens with zero attached hydrogens (tertiary/aromatic N) is 4. The molecule has 0 saturated carbocycles. The zero-order valence-corrected chi connectivity index (χ0v) is 12.5. The third-order valence-electron chi connectivity index (χ3n) is 3.10. The van der Waals surface area contributed by atoms with Gasteiger partial charge in [-0.1, -0.05) is 32.6 Å². The number of hydrogen-bond donors (Lipinski definition) is 0. The molecule has 0 spiro atoms. The Hall–Kier alpha value is -1.91. The lowest BCUT2D eigenvalue weighted by molar-refractivity contribution is -0.123. The Kier molecular flexibility index (Phi) is 4.06. The van der Waals surface area contributed by atoms with Crippen molar-refractivity contribution < 1.29 is 4.79 Å². The number of amides is 1. The maximum atomic E-state index is 11.5. The van der Waals surface area contributed by atoms with Crippen molar-refractivity contribution in [3.8, 4) is 0 Å². The van der Waals surface area contributed by atoms with Crippen molar-refractivity contribution in [3.63, 3.8) is 0 Å². The molecule has 0 unspecified atom stereocenters. The summed E-state index contributed by atoms with van der Waals surface area (Å²) in [7, 11) is 0. The molecule has 2 heterocycles. The van der Waals surface area contributed by atoms with Gasteiger partial charge in [-0.2, -0.15) is 0 Å². The van der Waals surface area contributed by atoms with Crippen molar-refractivity contribution in [2.75, 3.05) is 6.54 Å². The van der Waals surface area contributed by atoms with Crippen LogP contribution < -0.4 is 0 Å². The molecule has 0 aliphatic carbocycles. The molecule has 1 aromatic rings. The normalized spacial score (nSPS) is 15.4. The molecule has 1 aromatic heterocycles. The van der Waals surface area contributed by atoms with E-state index >= 15 is 0 Å². The number of rotatable bonds is 5. The second kappa shape index (κ2) is 5.61. The minimum atomic E-state index is 0.0158. The molecule has 1 aliphatic heterocycles. The average Bonchev–Trinajstić information content (AvgIpc) is 2.88. The first-order valence-electron chi connectivity index (χ1n) is 6.93. The zero-order chi connectivity index (χ0) is 14.8. The van der Waals surface area contributed by atoms with Crippen LogP contribution in [0.2, 0.25) is 0 Å². The highest BCUT2D eigenvalue weighted by Crippen LogP contribution is 2.18. The van der Waals surface area contributed by atoms with E-state index in [2.05, 4.69) is 37.7 Å². The van der Waals surface area contributed by atoms with Crippen LogP contribution in [0.15, 0.2) is 30.6 Å². The first kappa shape index (κ1) is 14.5. The highest BCUT2D eigenvalue weighted by atomic mass is 16.2. The molecular weight excluding hydrogens is 252 g/mol. The second-order valence-corrected chi connectivity index (χ2v) is 6.38. The van der Waals surface area contributed by atoms with Gasteiger partial charge in [0, 0.05) is 31.1 Å². The topological polar surface area (TPSA) is 51.0 Å². The Bertz CT molecular complexity index is 518. The van der Waals surface area contributed by atoms with E-state index in [-0.39, 0.29) is 11.3 Å². The number of allylic oxidation sites excluding steroid dienone is 1. The molecular formula is C15H22N4O. The summed E-state index contributed by atoms with van der Waals surface area (Å²) in [4.78, 5) is 13.2. The summed E-state index contributed by atoms with van der Waals surface area (Å²) in [5.74, 6) is 0.0158. The predicted molar refractivity (Wildman–Crippen MR) is 77.8 cm³/mol. The van der Waals surface area contributed by atoms with Crippen LogP contribution in [0.1, 0.15) is 32.9 Å². The van der Waals surface area contributed by atoms with Crippen LogP contribution in [-0.2, 0) is 17.8 Å². The molecule has 0 aromatic carbocycles. The number of carbonyl (C=O) groups is 1. The van der Waals surface area contributed by atoms with Gasteiger partial charge >= 0.3 is 0 Å². The van der Waals surface area contributed by atoms with E-state index in [1.54, 1.807) is 17.1 Å². The molecule has 0 radical (unpaired) electrons. The van der Waals surface area contributed by atoms with Crippen LogP contribution in [0.4, 0.5) is 0 Å². The number of aryl methyl sites for hydroxylation is 1. The maximum absolute atomic E-state index is 11.5. The van der Waals surface area contributed by atoms with Gasteiger partial charge in [0.2, 0.25) is 0 Å². The molecule has 0 bridgehead atoms. The Morgan fingerprint density at radius 3 is 2.60 bits per heavy atom. The fourth-order valence-electron chi connectivity index (χ4n) is 2.21. The molecule has 0 N–H and O–H groups in total. The first-order chi connectivity index (χ1) is 9.35. The van der Waals surface area contributed by atoms with Crippen molar-refractivity contribution in [2.24, 2.45) is 5.41 Å². The SMILES string of the molecule is C=C1C=CC(=O)N1CCCn1cc(CC(C)(C)C)nn1. The smallest absolute Gasteiger partial charge is 0.251 e. The van der Waals surface area contributed by atoms with Gasteiger partial charge in [0.15, 0.2) is 0 Å². The second-order valence-electron chi connectivity index (χ2n) is 6.38. The fourth-order valence-corrected chi connectivity index (χ4v) is 2.21. The summed E-state index contributed by atoms with van der Waals surface area (Å²) in [5, 5.41) is 8.31. The first-order valence-corrected chi connectivity index (χ1v) is 6.93. The van der Waals surface area contributed by atoms with Gasteiger partial charge in [0.1, 0.15) is 0 Å². The van der Waals surface area contributed by atoms with E-state index < -0.39 is 0 Å². The van der Waals surface area contributed by atoms with Crippen molar-refractivity contribution in [1.29, 1.82) is 0 Å². The summed E-state index contributed by atoms with van der Waals surface area (Å²) in [6, 6.07) is 0. The van der Waals surface area contributed by atoms with Gasteiger partial charge in [-0.15, -0.1) is 5.10 Å². The summed E-state index contributed by atoms with van der Waals surface area (Å²) >= 11 is 0. The standard InChI is InChI=1S/C15H22N4O/c1-12-6-7-14(20)19(12)9-5-8-18-11-13(16-17-18)10-15(2,3)4/h6-7,11H,1,5,8-10H2,2-4H3. The van der Waals surface area contributed by atoms with E-state index in [4.69, 9.17) is 0 Å². The quantitative estimate of drug-likeness (QED) is 0.827. The maximum Gasteiger partial charge on any atom is 0.251 e. The Morgan fingerprint density at radius 1 is 1.25 bits per heavy atom. The molecule has 5 nitrogen and oxygen atoms in total. The Morgan fingerprint density at radius 2 is 2.00 bits per heavy atom. The van der Waals surface area contributed by atoms with Crippen molar-refractivity contribution >= 4 is 5.91 Å². The third-order valence-corrected chi connectivity index (χ3v) is 3.10. The van der Waals surface area contributed by atoms with Crippen LogP contribution in [0.25, 0.3) is 0 Å². The summed E-state index contributed by atoms with van der Waals surface area (Å²) in [6.45, 7) is 11.8. The van der Waals surface area contributed by atoms with Crippen LogP contribution in [0, 0.1) is 5.41 Å². The lowest BCUT2D eigenvalue weighted by Crippen LogP contribution is -2.25. The highest BCUT2D eigenvalue weighted by Gasteiger charge is 2.18. The summed E-state index contributed by atoms with van der Waals surface area (Å²) in [6.07, 6.45) is 7.05. The summed E-state index contributed by atoms with van der Waals surface area (Å²) < 4.78 is 1.85. The van der Waals surface area contributed by atoms with E-state index in [9.17, 15) is 4.79 Å². The van der Waals surface area contributed by atoms with Crippen molar-refractivity contribution in [2.45, 2.75) is 40.2 Å². The van der Waals surface area contributed by atoms with Gasteiger partial charge in [0.25, 0.3) is 5.91 Å². The average molecular weight is 274 g/mol. The zero-order valence-electron chi connectivity index (χ0n) is 12.5. The molecule has 108 valence electrons. The molecule has 0 saturated heterocycles. The monoisotopic (exact) mass is 274 g/mol. The molecule has 0 atom stereocenters. The van der Waals surface area contributed by atoms with Gasteiger partial charge in [-0.25, -0.2) is 0 Å². The molecule has 1 amide bonds. The Labute approximate surface area is 120 Å². The van der Waals surface area contributed by atoms with Crippen molar-refractivity contribution in [1.82, 2.24) is 19.9 Å². The lowest BCUT2D eigenvalue weighted by Gasteiger charge is -2.16. The Balaban J connectivity index is 1.80. The van der Waals surface area contributed by atoms with E-state index in [1.165, 1.54) is 0 Å². The predicted octanol–water partition coefficient (Wildman–Crippen LogP) is 2.17. The van der Waals surface area contributed by atoms with E-state index in [1.807, 2.05) is 10.9 Å². The van der Waals surface area contributed by atoms with Gasteiger partial charge in [-0.3, -0.25) is 9.48 Å². The third kappa shape index (κ3) is 3.79. The van der Waals surface area contributed by atoms with Crippen molar-refractivity contribution in [3.05, 3.63) is 36.3 Å². The van der Waals surface area contributed by atoms with Gasteiger partial charge < -0.3 is 4.90 Å². The van der Waals surface area contributed by atoms with E-state index in [0.717, 1.165) is 30.8 Å². The highest BCUT2D eigenvalue weighted by molar-refractivity contribution is 5.92. The molecule has 5 heteroatoms. The molecule has 20 heavy (non-hydrogen) atoms. The molecule has 0 fully saturated rings. The fraction of sp³-hybridized carbons (Fsp3) is 0.533. The van der Waals surface area contributed by atoms with Crippen LogP contribution in [-0.4, -0.2) is 32.3 Å². The van der Waals surface area contributed by atoms with Crippen LogP contribution >= 0.6 is 0 Å². The number of carbonyl (C=O) groups excluding carboxylic acids is 1.